The Morgan fingerprint density at radius 1 is 1.12 bits per heavy atom. The number of hydrogen-bond donors (Lipinski definition) is 0. The minimum atomic E-state index is 0.208. The molecule has 1 atom stereocenters. The van der Waals surface area contributed by atoms with Crippen LogP contribution in [-0.2, 0) is 12.8 Å². The summed E-state index contributed by atoms with van der Waals surface area (Å²) in [6, 6.07) is 4.75. The number of benzene rings is 1. The number of aromatic nitrogens is 3. The van der Waals surface area contributed by atoms with Crippen molar-refractivity contribution in [1.82, 2.24) is 20.1 Å². The predicted molar refractivity (Wildman–Crippen MR) is 67.2 cm³/mol. The maximum absolute atomic E-state index is 5.76. The van der Waals surface area contributed by atoms with Gasteiger partial charge in [-0.05, 0) is 61.8 Å². The molecule has 88 valence electrons. The van der Waals surface area contributed by atoms with Crippen molar-refractivity contribution in [2.24, 2.45) is 0 Å². The molecule has 0 bridgehead atoms. The van der Waals surface area contributed by atoms with Gasteiger partial charge in [-0.2, -0.15) is 0 Å². The molecule has 0 aliphatic heterocycles. The minimum absolute atomic E-state index is 0.208. The van der Waals surface area contributed by atoms with Gasteiger partial charge >= 0.3 is 0 Å². The fourth-order valence-electron chi connectivity index (χ4n) is 2.37. The van der Waals surface area contributed by atoms with Crippen molar-refractivity contribution in [3.05, 3.63) is 28.5 Å². The van der Waals surface area contributed by atoms with E-state index in [9.17, 15) is 0 Å². The van der Waals surface area contributed by atoms with Crippen LogP contribution in [0.2, 0.25) is 5.28 Å². The zero-order valence-corrected chi connectivity index (χ0v) is 10.6. The van der Waals surface area contributed by atoms with Gasteiger partial charge in [-0.3, -0.25) is 0 Å². The summed E-state index contributed by atoms with van der Waals surface area (Å²) in [5, 5.41) is 8.06. The molecule has 1 aromatic carbocycles. The first-order chi connectivity index (χ1) is 8.13. The van der Waals surface area contributed by atoms with Gasteiger partial charge in [-0.15, -0.1) is 10.2 Å². The second-order valence-electron chi connectivity index (χ2n) is 4.72. The lowest BCUT2D eigenvalue weighted by Crippen LogP contribution is -2.27. The molecule has 1 aliphatic rings. The van der Waals surface area contributed by atoms with Gasteiger partial charge in [-0.25, -0.2) is 4.98 Å². The first kappa shape index (κ1) is 10.9. The molecule has 0 saturated carbocycles. The summed E-state index contributed by atoms with van der Waals surface area (Å²) in [7, 11) is 4.23. The lowest BCUT2D eigenvalue weighted by atomic mass is 10.1. The van der Waals surface area contributed by atoms with Gasteiger partial charge in [-0.1, -0.05) is 0 Å². The van der Waals surface area contributed by atoms with E-state index in [-0.39, 0.29) is 5.28 Å². The van der Waals surface area contributed by atoms with Crippen molar-refractivity contribution in [3.63, 3.8) is 0 Å². The molecule has 1 unspecified atom stereocenters. The Kier molecular flexibility index (Phi) is 2.49. The highest BCUT2D eigenvalue weighted by atomic mass is 35.5. The molecule has 2 aromatic rings. The molecule has 3 rings (SSSR count). The lowest BCUT2D eigenvalue weighted by Gasteiger charge is -2.17. The average molecular weight is 249 g/mol. The molecule has 0 fully saturated rings. The maximum atomic E-state index is 5.76. The zero-order valence-electron chi connectivity index (χ0n) is 9.81. The van der Waals surface area contributed by atoms with Gasteiger partial charge in [0.1, 0.15) is 5.52 Å². The van der Waals surface area contributed by atoms with Crippen molar-refractivity contribution < 1.29 is 0 Å². The maximum Gasteiger partial charge on any atom is 0.243 e. The summed E-state index contributed by atoms with van der Waals surface area (Å²) < 4.78 is 0. The Labute approximate surface area is 105 Å². The van der Waals surface area contributed by atoms with E-state index < -0.39 is 0 Å². The van der Waals surface area contributed by atoms with Crippen molar-refractivity contribution >= 4 is 22.6 Å². The van der Waals surface area contributed by atoms with Crippen LogP contribution in [0, 0.1) is 0 Å². The van der Waals surface area contributed by atoms with E-state index in [0.717, 1.165) is 23.9 Å². The summed E-state index contributed by atoms with van der Waals surface area (Å²) in [6.45, 7) is 0. The van der Waals surface area contributed by atoms with Gasteiger partial charge in [0.05, 0.1) is 5.52 Å². The third kappa shape index (κ3) is 1.87. The highest BCUT2D eigenvalue weighted by Gasteiger charge is 2.23. The topological polar surface area (TPSA) is 41.9 Å². The van der Waals surface area contributed by atoms with Crippen LogP contribution in [0.25, 0.3) is 11.0 Å². The number of nitrogens with zero attached hydrogens (tertiary/aromatic N) is 4. The van der Waals surface area contributed by atoms with E-state index >= 15 is 0 Å². The lowest BCUT2D eigenvalue weighted by molar-refractivity contribution is 0.303. The van der Waals surface area contributed by atoms with Gasteiger partial charge in [0.25, 0.3) is 0 Å². The molecule has 0 radical (unpaired) electrons. The van der Waals surface area contributed by atoms with Crippen LogP contribution in [0.15, 0.2) is 12.1 Å². The van der Waals surface area contributed by atoms with Crippen LogP contribution in [0.5, 0.6) is 0 Å². The molecule has 5 heteroatoms. The quantitative estimate of drug-likeness (QED) is 0.771. The van der Waals surface area contributed by atoms with Gasteiger partial charge in [0.2, 0.25) is 5.28 Å². The number of halogens is 1. The molecule has 1 aromatic heterocycles. The molecule has 0 saturated heterocycles. The largest absolute Gasteiger partial charge is 0.306 e. The molecule has 17 heavy (non-hydrogen) atoms. The number of fused-ring (bicyclic) bond motifs is 2. The van der Waals surface area contributed by atoms with Gasteiger partial charge in [0, 0.05) is 6.04 Å². The van der Waals surface area contributed by atoms with Crippen molar-refractivity contribution in [2.75, 3.05) is 14.1 Å². The molecule has 0 amide bonds. The Morgan fingerprint density at radius 3 is 2.41 bits per heavy atom. The third-order valence-corrected chi connectivity index (χ3v) is 3.55. The average Bonchev–Trinajstić information content (AvgIpc) is 2.68. The van der Waals surface area contributed by atoms with Gasteiger partial charge < -0.3 is 4.90 Å². The monoisotopic (exact) mass is 248 g/mol. The summed E-state index contributed by atoms with van der Waals surface area (Å²) in [6.07, 6.45) is 2.14. The van der Waals surface area contributed by atoms with E-state index in [1.165, 1.54) is 11.1 Å². The third-order valence-electron chi connectivity index (χ3n) is 3.39. The van der Waals surface area contributed by atoms with E-state index in [1.54, 1.807) is 0 Å². The molecular weight excluding hydrogens is 236 g/mol. The van der Waals surface area contributed by atoms with Crippen LogP contribution in [0.3, 0.4) is 0 Å². The molecule has 1 heterocycles. The highest BCUT2D eigenvalue weighted by Crippen LogP contribution is 2.27. The van der Waals surface area contributed by atoms with Crippen molar-refractivity contribution in [2.45, 2.75) is 18.9 Å². The van der Waals surface area contributed by atoms with Crippen molar-refractivity contribution in [3.8, 4) is 0 Å². The fraction of sp³-hybridized carbons (Fsp3) is 0.417. The number of likely N-dealkylation sites (N-methyl/N-ethyl adjacent to an activating group) is 1. The van der Waals surface area contributed by atoms with Crippen LogP contribution < -0.4 is 0 Å². The van der Waals surface area contributed by atoms with Crippen LogP contribution >= 0.6 is 11.6 Å². The van der Waals surface area contributed by atoms with Crippen LogP contribution in [-0.4, -0.2) is 40.2 Å². The smallest absolute Gasteiger partial charge is 0.243 e. The Morgan fingerprint density at radius 2 is 1.76 bits per heavy atom. The fourth-order valence-corrected chi connectivity index (χ4v) is 2.50. The van der Waals surface area contributed by atoms with Crippen molar-refractivity contribution in [1.29, 1.82) is 0 Å². The normalized spacial score (nSPS) is 18.9. The number of hydrogen-bond acceptors (Lipinski definition) is 4. The van der Waals surface area contributed by atoms with Crippen LogP contribution in [0.4, 0.5) is 0 Å². The molecular formula is C12H13ClN4. The Balaban J connectivity index is 2.09. The second kappa shape index (κ2) is 3.89. The summed E-state index contributed by atoms with van der Waals surface area (Å²) >= 11 is 5.76. The summed E-state index contributed by atoms with van der Waals surface area (Å²) in [4.78, 5) is 6.46. The second-order valence-corrected chi connectivity index (χ2v) is 5.05. The van der Waals surface area contributed by atoms with E-state index in [1.807, 2.05) is 0 Å². The van der Waals surface area contributed by atoms with Gasteiger partial charge in [0.15, 0.2) is 0 Å². The van der Waals surface area contributed by atoms with E-state index in [2.05, 4.69) is 46.3 Å². The zero-order chi connectivity index (χ0) is 12.0. The highest BCUT2D eigenvalue weighted by molar-refractivity contribution is 6.28. The molecule has 1 aliphatic carbocycles. The first-order valence-corrected chi connectivity index (χ1v) is 5.99. The standard InChI is InChI=1S/C12H13ClN4/c1-17(2)9-3-7-5-10-11(6-8(7)4-9)15-16-12(13)14-10/h5-6,9H,3-4H2,1-2H3. The first-order valence-electron chi connectivity index (χ1n) is 5.61. The predicted octanol–water partition coefficient (Wildman–Crippen LogP) is 1.71. The molecule has 0 N–H and O–H groups in total. The summed E-state index contributed by atoms with van der Waals surface area (Å²) in [5.41, 5.74) is 4.37. The number of rotatable bonds is 1. The van der Waals surface area contributed by atoms with E-state index in [4.69, 9.17) is 11.6 Å². The molecule has 4 nitrogen and oxygen atoms in total. The van der Waals surface area contributed by atoms with Crippen LogP contribution in [0.1, 0.15) is 11.1 Å². The SMILES string of the molecule is CN(C)C1Cc2cc3nnc(Cl)nc3cc2C1. The minimum Gasteiger partial charge on any atom is -0.306 e. The summed E-state index contributed by atoms with van der Waals surface area (Å²) in [5.74, 6) is 0. The molecule has 0 spiro atoms. The Bertz CT molecular complexity index is 582. The van der Waals surface area contributed by atoms with E-state index in [0.29, 0.717) is 6.04 Å². The Hall–Kier alpha value is -1.26.